The highest BCUT2D eigenvalue weighted by Gasteiger charge is 2.13. The molecule has 6 heteroatoms. The lowest BCUT2D eigenvalue weighted by molar-refractivity contribution is 0.472. The topological polar surface area (TPSA) is 61.4 Å². The van der Waals surface area contributed by atoms with Crippen molar-refractivity contribution in [1.29, 1.82) is 0 Å². The van der Waals surface area contributed by atoms with E-state index in [1.165, 1.54) is 21.9 Å². The molecular formula is C27H28N6. The van der Waals surface area contributed by atoms with Crippen LogP contribution >= 0.6 is 0 Å². The van der Waals surface area contributed by atoms with Gasteiger partial charge in [-0.2, -0.15) is 0 Å². The standard InChI is InChI=1S/C27H28N6/c1-4-21-14-24(11-12-25(21)26-18-32(31-29-26)16-19(2)3)27-15-28-30-33(27)17-20-9-10-22-7-5-6-8-23(22)13-20/h5-15,18-19H,4,16-17H2,1-3H3. The van der Waals surface area contributed by atoms with Gasteiger partial charge in [-0.3, -0.25) is 4.68 Å². The van der Waals surface area contributed by atoms with E-state index < -0.39 is 0 Å². The largest absolute Gasteiger partial charge is 0.252 e. The molecule has 0 spiro atoms. The van der Waals surface area contributed by atoms with E-state index in [4.69, 9.17) is 0 Å². The van der Waals surface area contributed by atoms with Gasteiger partial charge in [0.2, 0.25) is 0 Å². The zero-order valence-corrected chi connectivity index (χ0v) is 19.3. The van der Waals surface area contributed by atoms with Crippen LogP contribution in [0.15, 0.2) is 73.1 Å². The molecule has 0 N–H and O–H groups in total. The van der Waals surface area contributed by atoms with E-state index in [0.29, 0.717) is 12.5 Å². The Hall–Kier alpha value is -3.80. The van der Waals surface area contributed by atoms with Gasteiger partial charge < -0.3 is 0 Å². The predicted octanol–water partition coefficient (Wildman–Crippen LogP) is 5.62. The Morgan fingerprint density at radius 3 is 2.58 bits per heavy atom. The van der Waals surface area contributed by atoms with E-state index in [1.807, 2.05) is 21.8 Å². The molecule has 3 aromatic carbocycles. The molecule has 5 aromatic rings. The normalized spacial score (nSPS) is 11.5. The molecule has 0 fully saturated rings. The zero-order valence-electron chi connectivity index (χ0n) is 19.3. The summed E-state index contributed by atoms with van der Waals surface area (Å²) < 4.78 is 3.90. The van der Waals surface area contributed by atoms with Gasteiger partial charge in [0.05, 0.1) is 24.6 Å². The fourth-order valence-electron chi connectivity index (χ4n) is 4.29. The van der Waals surface area contributed by atoms with Gasteiger partial charge in [-0.1, -0.05) is 79.7 Å². The molecule has 0 unspecified atom stereocenters. The summed E-state index contributed by atoms with van der Waals surface area (Å²) in [5, 5.41) is 19.8. The molecule has 0 bridgehead atoms. The lowest BCUT2D eigenvalue weighted by Gasteiger charge is -2.11. The second kappa shape index (κ2) is 8.98. The summed E-state index contributed by atoms with van der Waals surface area (Å²) in [7, 11) is 0. The number of fused-ring (bicyclic) bond motifs is 1. The summed E-state index contributed by atoms with van der Waals surface area (Å²) in [5.41, 5.74) is 6.60. The molecule has 0 atom stereocenters. The molecule has 0 aliphatic rings. The number of hydrogen-bond acceptors (Lipinski definition) is 4. The van der Waals surface area contributed by atoms with Crippen molar-refractivity contribution in [3.63, 3.8) is 0 Å². The van der Waals surface area contributed by atoms with Crippen LogP contribution in [0.25, 0.3) is 33.3 Å². The summed E-state index contributed by atoms with van der Waals surface area (Å²) >= 11 is 0. The van der Waals surface area contributed by atoms with Crippen LogP contribution in [-0.2, 0) is 19.5 Å². The van der Waals surface area contributed by atoms with Crippen LogP contribution in [0.1, 0.15) is 31.9 Å². The van der Waals surface area contributed by atoms with Crippen molar-refractivity contribution >= 4 is 10.8 Å². The summed E-state index contributed by atoms with van der Waals surface area (Å²) in [6, 6.07) is 21.5. The second-order valence-corrected chi connectivity index (χ2v) is 8.90. The fraction of sp³-hybridized carbons (Fsp3) is 0.259. The first-order valence-corrected chi connectivity index (χ1v) is 11.5. The molecule has 5 rings (SSSR count). The average Bonchev–Trinajstić information content (AvgIpc) is 3.48. The van der Waals surface area contributed by atoms with Gasteiger partial charge in [0.15, 0.2) is 0 Å². The van der Waals surface area contributed by atoms with Gasteiger partial charge in [-0.05, 0) is 46.4 Å². The van der Waals surface area contributed by atoms with Gasteiger partial charge >= 0.3 is 0 Å². The minimum absolute atomic E-state index is 0.531. The summed E-state index contributed by atoms with van der Waals surface area (Å²) in [5.74, 6) is 0.531. The summed E-state index contributed by atoms with van der Waals surface area (Å²) in [4.78, 5) is 0. The van der Waals surface area contributed by atoms with Crippen LogP contribution in [0.3, 0.4) is 0 Å². The van der Waals surface area contributed by atoms with Crippen LogP contribution in [0, 0.1) is 5.92 Å². The van der Waals surface area contributed by atoms with Crippen molar-refractivity contribution in [3.8, 4) is 22.5 Å². The fourth-order valence-corrected chi connectivity index (χ4v) is 4.29. The van der Waals surface area contributed by atoms with Crippen LogP contribution in [0.4, 0.5) is 0 Å². The summed E-state index contributed by atoms with van der Waals surface area (Å²) in [6.07, 6.45) is 4.79. The highest BCUT2D eigenvalue weighted by Crippen LogP contribution is 2.28. The maximum Gasteiger partial charge on any atom is 0.113 e. The molecule has 0 aliphatic heterocycles. The molecule has 0 radical (unpaired) electrons. The molecule has 6 nitrogen and oxygen atoms in total. The van der Waals surface area contributed by atoms with E-state index in [0.717, 1.165) is 35.5 Å². The Balaban J connectivity index is 1.44. The minimum atomic E-state index is 0.531. The molecule has 0 amide bonds. The highest BCUT2D eigenvalue weighted by atomic mass is 15.4. The quantitative estimate of drug-likeness (QED) is 0.332. The van der Waals surface area contributed by atoms with Crippen molar-refractivity contribution < 1.29 is 0 Å². The van der Waals surface area contributed by atoms with E-state index in [-0.39, 0.29) is 0 Å². The molecular weight excluding hydrogens is 408 g/mol. The van der Waals surface area contributed by atoms with E-state index in [9.17, 15) is 0 Å². The van der Waals surface area contributed by atoms with Crippen molar-refractivity contribution in [2.75, 3.05) is 0 Å². The van der Waals surface area contributed by atoms with E-state index in [2.05, 4.69) is 102 Å². The van der Waals surface area contributed by atoms with E-state index >= 15 is 0 Å². The predicted molar refractivity (Wildman–Crippen MR) is 132 cm³/mol. The van der Waals surface area contributed by atoms with E-state index in [1.54, 1.807) is 0 Å². The molecule has 33 heavy (non-hydrogen) atoms. The zero-order chi connectivity index (χ0) is 22.8. The van der Waals surface area contributed by atoms with Crippen molar-refractivity contribution in [1.82, 2.24) is 30.0 Å². The Kier molecular flexibility index (Phi) is 5.73. The minimum Gasteiger partial charge on any atom is -0.252 e. The van der Waals surface area contributed by atoms with Crippen LogP contribution in [0.2, 0.25) is 0 Å². The first-order valence-electron chi connectivity index (χ1n) is 11.5. The number of nitrogens with zero attached hydrogens (tertiary/aromatic N) is 6. The highest BCUT2D eigenvalue weighted by molar-refractivity contribution is 5.83. The Morgan fingerprint density at radius 2 is 1.76 bits per heavy atom. The van der Waals surface area contributed by atoms with Crippen molar-refractivity contribution in [2.45, 2.75) is 40.3 Å². The first-order chi connectivity index (χ1) is 16.1. The maximum absolute atomic E-state index is 4.42. The Bertz CT molecular complexity index is 1390. The number of hydrogen-bond donors (Lipinski definition) is 0. The van der Waals surface area contributed by atoms with Gasteiger partial charge in [0.1, 0.15) is 5.69 Å². The molecule has 0 saturated carbocycles. The molecule has 166 valence electrons. The van der Waals surface area contributed by atoms with Crippen LogP contribution < -0.4 is 0 Å². The number of aryl methyl sites for hydroxylation is 1. The molecule has 0 aliphatic carbocycles. The van der Waals surface area contributed by atoms with Crippen molar-refractivity contribution in [2.24, 2.45) is 5.92 Å². The third-order valence-corrected chi connectivity index (χ3v) is 5.91. The average molecular weight is 437 g/mol. The lowest BCUT2D eigenvalue weighted by Crippen LogP contribution is -2.04. The Morgan fingerprint density at radius 1 is 0.909 bits per heavy atom. The monoisotopic (exact) mass is 436 g/mol. The second-order valence-electron chi connectivity index (χ2n) is 8.90. The van der Waals surface area contributed by atoms with Crippen LogP contribution in [0.5, 0.6) is 0 Å². The lowest BCUT2D eigenvalue weighted by atomic mass is 9.98. The van der Waals surface area contributed by atoms with Gasteiger partial charge in [-0.15, -0.1) is 10.2 Å². The maximum atomic E-state index is 4.42. The molecule has 0 saturated heterocycles. The third kappa shape index (κ3) is 4.42. The number of benzene rings is 3. The molecule has 2 aromatic heterocycles. The number of rotatable bonds is 7. The van der Waals surface area contributed by atoms with Crippen LogP contribution in [-0.4, -0.2) is 30.0 Å². The Labute approximate surface area is 193 Å². The van der Waals surface area contributed by atoms with Gasteiger partial charge in [0, 0.05) is 17.7 Å². The SMILES string of the molecule is CCc1cc(-c2cnnn2Cc2ccc3ccccc3c2)ccc1-c1cn(CC(C)C)nn1. The number of aromatic nitrogens is 6. The van der Waals surface area contributed by atoms with Crippen molar-refractivity contribution in [3.05, 3.63) is 84.2 Å². The smallest absolute Gasteiger partial charge is 0.113 e. The summed E-state index contributed by atoms with van der Waals surface area (Å²) in [6.45, 7) is 8.08. The van der Waals surface area contributed by atoms with Gasteiger partial charge in [-0.25, -0.2) is 4.68 Å². The van der Waals surface area contributed by atoms with Gasteiger partial charge in [0.25, 0.3) is 0 Å². The molecule has 2 heterocycles. The first kappa shape index (κ1) is 21.1. The third-order valence-electron chi connectivity index (χ3n) is 5.91.